The van der Waals surface area contributed by atoms with Gasteiger partial charge in [-0.1, -0.05) is 6.42 Å². The van der Waals surface area contributed by atoms with Gasteiger partial charge in [0.05, 0.1) is 6.04 Å². The summed E-state index contributed by atoms with van der Waals surface area (Å²) in [4.78, 5) is 16.2. The molecule has 4 heteroatoms. The topological polar surface area (TPSA) is 49.6 Å². The van der Waals surface area contributed by atoms with E-state index in [-0.39, 0.29) is 11.9 Å². The third-order valence-electron chi connectivity index (χ3n) is 3.92. The Hall–Kier alpha value is -0.610. The molecule has 1 amide bonds. The number of likely N-dealkylation sites (tertiary alicyclic amines) is 2. The number of amides is 1. The van der Waals surface area contributed by atoms with E-state index >= 15 is 0 Å². The lowest BCUT2D eigenvalue weighted by Crippen LogP contribution is -2.53. The number of carbonyl (C=O) groups is 1. The number of likely N-dealkylation sites (N-methyl/N-ethyl adjacent to an activating group) is 1. The molecule has 0 aromatic heterocycles. The normalized spacial score (nSPS) is 33.1. The Balaban J connectivity index is 1.90. The van der Waals surface area contributed by atoms with Crippen LogP contribution in [0.1, 0.15) is 32.1 Å². The highest BCUT2D eigenvalue weighted by atomic mass is 16.2. The molecular weight excluding hydrogens is 202 g/mol. The fraction of sp³-hybridized carbons (Fsp3) is 0.917. The molecule has 2 unspecified atom stereocenters. The van der Waals surface area contributed by atoms with Gasteiger partial charge >= 0.3 is 0 Å². The monoisotopic (exact) mass is 225 g/mol. The molecule has 2 N–H and O–H groups in total. The van der Waals surface area contributed by atoms with Crippen LogP contribution in [0.3, 0.4) is 0 Å². The molecule has 0 aromatic carbocycles. The van der Waals surface area contributed by atoms with Crippen molar-refractivity contribution in [3.63, 3.8) is 0 Å². The van der Waals surface area contributed by atoms with E-state index in [1.807, 2.05) is 4.90 Å². The van der Waals surface area contributed by atoms with E-state index in [2.05, 4.69) is 11.9 Å². The van der Waals surface area contributed by atoms with Gasteiger partial charge in [0.1, 0.15) is 0 Å². The quantitative estimate of drug-likeness (QED) is 0.741. The molecule has 2 heterocycles. The summed E-state index contributed by atoms with van der Waals surface area (Å²) in [6, 6.07) is 0.297. The molecule has 2 saturated heterocycles. The van der Waals surface area contributed by atoms with Gasteiger partial charge in [0.25, 0.3) is 0 Å². The molecule has 16 heavy (non-hydrogen) atoms. The van der Waals surface area contributed by atoms with Crippen molar-refractivity contribution in [1.29, 1.82) is 0 Å². The van der Waals surface area contributed by atoms with Crippen molar-refractivity contribution in [3.8, 4) is 0 Å². The minimum absolute atomic E-state index is 0.158. The predicted octanol–water partition coefficient (Wildman–Crippen LogP) is 0.420. The Bertz CT molecular complexity index is 257. The van der Waals surface area contributed by atoms with Crippen LogP contribution >= 0.6 is 0 Å². The van der Waals surface area contributed by atoms with E-state index < -0.39 is 0 Å². The van der Waals surface area contributed by atoms with Crippen molar-refractivity contribution < 1.29 is 4.79 Å². The van der Waals surface area contributed by atoms with Crippen LogP contribution in [0.2, 0.25) is 0 Å². The van der Waals surface area contributed by atoms with Crippen molar-refractivity contribution in [2.24, 2.45) is 5.73 Å². The Labute approximate surface area is 97.8 Å². The predicted molar refractivity (Wildman–Crippen MR) is 64.1 cm³/mol. The van der Waals surface area contributed by atoms with Gasteiger partial charge in [-0.2, -0.15) is 0 Å². The molecular formula is C12H23N3O. The van der Waals surface area contributed by atoms with Crippen LogP contribution in [0.25, 0.3) is 0 Å². The number of nitrogens with two attached hydrogens (primary N) is 1. The fourth-order valence-corrected chi connectivity index (χ4v) is 2.78. The molecule has 2 rings (SSSR count). The lowest BCUT2D eigenvalue weighted by Gasteiger charge is -2.38. The first-order valence-corrected chi connectivity index (χ1v) is 6.43. The van der Waals surface area contributed by atoms with E-state index in [4.69, 9.17) is 5.73 Å². The van der Waals surface area contributed by atoms with Crippen LogP contribution in [0.15, 0.2) is 0 Å². The first-order valence-electron chi connectivity index (χ1n) is 6.43. The van der Waals surface area contributed by atoms with Gasteiger partial charge in [-0.3, -0.25) is 4.79 Å². The van der Waals surface area contributed by atoms with Gasteiger partial charge in [0.2, 0.25) is 5.91 Å². The second-order valence-electron chi connectivity index (χ2n) is 5.16. The zero-order valence-corrected chi connectivity index (χ0v) is 10.2. The van der Waals surface area contributed by atoms with Gasteiger partial charge in [-0.25, -0.2) is 0 Å². The van der Waals surface area contributed by atoms with Crippen molar-refractivity contribution in [1.82, 2.24) is 9.80 Å². The lowest BCUT2D eigenvalue weighted by atomic mass is 10.00. The summed E-state index contributed by atoms with van der Waals surface area (Å²) < 4.78 is 0. The summed E-state index contributed by atoms with van der Waals surface area (Å²) >= 11 is 0. The van der Waals surface area contributed by atoms with Crippen molar-refractivity contribution >= 4 is 5.91 Å². The molecule has 0 saturated carbocycles. The van der Waals surface area contributed by atoms with E-state index in [0.29, 0.717) is 6.04 Å². The number of hydrogen-bond donors (Lipinski definition) is 1. The van der Waals surface area contributed by atoms with Crippen LogP contribution in [-0.2, 0) is 4.79 Å². The molecule has 0 radical (unpaired) electrons. The number of nitrogens with zero attached hydrogens (tertiary/aromatic N) is 2. The van der Waals surface area contributed by atoms with Gasteiger partial charge in [-0.15, -0.1) is 0 Å². The third kappa shape index (κ3) is 2.55. The summed E-state index contributed by atoms with van der Waals surface area (Å²) in [7, 11) is 2.16. The van der Waals surface area contributed by atoms with Gasteiger partial charge < -0.3 is 15.5 Å². The van der Waals surface area contributed by atoms with E-state index in [0.717, 1.165) is 25.9 Å². The first kappa shape index (κ1) is 11.9. The summed E-state index contributed by atoms with van der Waals surface area (Å²) in [5.41, 5.74) is 5.80. The molecule has 0 spiro atoms. The lowest BCUT2D eigenvalue weighted by molar-refractivity contribution is -0.135. The van der Waals surface area contributed by atoms with Crippen LogP contribution in [-0.4, -0.2) is 54.5 Å². The maximum absolute atomic E-state index is 11.9. The average molecular weight is 225 g/mol. The molecule has 0 aliphatic carbocycles. The Morgan fingerprint density at radius 3 is 2.81 bits per heavy atom. The minimum Gasteiger partial charge on any atom is -0.340 e. The molecule has 2 atom stereocenters. The highest BCUT2D eigenvalue weighted by molar-refractivity contribution is 5.82. The van der Waals surface area contributed by atoms with Crippen LogP contribution in [0.5, 0.6) is 0 Å². The Morgan fingerprint density at radius 2 is 2.06 bits per heavy atom. The van der Waals surface area contributed by atoms with Crippen molar-refractivity contribution in [3.05, 3.63) is 0 Å². The molecule has 2 fully saturated rings. The number of carbonyl (C=O) groups excluding carboxylic acids is 1. The summed E-state index contributed by atoms with van der Waals surface area (Å²) in [6.07, 6.45) is 5.72. The number of hydrogen-bond acceptors (Lipinski definition) is 3. The fourth-order valence-electron chi connectivity index (χ4n) is 2.78. The van der Waals surface area contributed by atoms with Crippen LogP contribution < -0.4 is 5.73 Å². The number of piperidine rings is 2. The summed E-state index contributed by atoms with van der Waals surface area (Å²) in [6.45, 7) is 2.94. The Morgan fingerprint density at radius 1 is 1.25 bits per heavy atom. The zero-order chi connectivity index (χ0) is 11.5. The molecule has 0 aromatic rings. The van der Waals surface area contributed by atoms with E-state index in [1.54, 1.807) is 0 Å². The second-order valence-corrected chi connectivity index (χ2v) is 5.16. The SMILES string of the molecule is CN1CCCCC1CN1CCCC(N)C1=O. The molecule has 4 nitrogen and oxygen atoms in total. The summed E-state index contributed by atoms with van der Waals surface area (Å²) in [5, 5.41) is 0. The maximum Gasteiger partial charge on any atom is 0.239 e. The largest absolute Gasteiger partial charge is 0.340 e. The van der Waals surface area contributed by atoms with Crippen LogP contribution in [0, 0.1) is 0 Å². The minimum atomic E-state index is -0.248. The molecule has 2 aliphatic rings. The standard InChI is InChI=1S/C12H23N3O/c1-14-7-3-2-5-10(14)9-15-8-4-6-11(13)12(15)16/h10-11H,2-9,13H2,1H3. The highest BCUT2D eigenvalue weighted by Crippen LogP contribution is 2.18. The van der Waals surface area contributed by atoms with Crippen molar-refractivity contribution in [2.75, 3.05) is 26.7 Å². The first-order chi connectivity index (χ1) is 7.68. The molecule has 92 valence electrons. The van der Waals surface area contributed by atoms with Gasteiger partial charge in [-0.05, 0) is 39.3 Å². The molecule has 0 bridgehead atoms. The average Bonchev–Trinajstić information content (AvgIpc) is 2.28. The van der Waals surface area contributed by atoms with Crippen LogP contribution in [0.4, 0.5) is 0 Å². The van der Waals surface area contributed by atoms with Gasteiger partial charge in [0.15, 0.2) is 0 Å². The Kier molecular flexibility index (Phi) is 3.82. The maximum atomic E-state index is 11.9. The molecule has 2 aliphatic heterocycles. The van der Waals surface area contributed by atoms with E-state index in [9.17, 15) is 4.79 Å². The zero-order valence-electron chi connectivity index (χ0n) is 10.2. The second kappa shape index (κ2) is 5.15. The number of rotatable bonds is 2. The van der Waals surface area contributed by atoms with Gasteiger partial charge in [0, 0.05) is 19.1 Å². The van der Waals surface area contributed by atoms with E-state index in [1.165, 1.54) is 25.8 Å². The third-order valence-corrected chi connectivity index (χ3v) is 3.92. The smallest absolute Gasteiger partial charge is 0.239 e. The summed E-state index contributed by atoms with van der Waals surface area (Å²) in [5.74, 6) is 0.158. The highest BCUT2D eigenvalue weighted by Gasteiger charge is 2.29. The van der Waals surface area contributed by atoms with Crippen molar-refractivity contribution in [2.45, 2.75) is 44.2 Å².